The van der Waals surface area contributed by atoms with Gasteiger partial charge in [0.05, 0.1) is 12.2 Å². The van der Waals surface area contributed by atoms with Gasteiger partial charge in [0.2, 0.25) is 0 Å². The van der Waals surface area contributed by atoms with Crippen molar-refractivity contribution in [1.82, 2.24) is 14.3 Å². The predicted molar refractivity (Wildman–Crippen MR) is 121 cm³/mol. The maximum Gasteiger partial charge on any atom is 0.410 e. The van der Waals surface area contributed by atoms with E-state index in [4.69, 9.17) is 27.1 Å². The van der Waals surface area contributed by atoms with Gasteiger partial charge in [0, 0.05) is 30.6 Å². The van der Waals surface area contributed by atoms with Crippen molar-refractivity contribution in [2.45, 2.75) is 52.2 Å². The number of amides is 1. The normalized spacial score (nSPS) is 16.5. The number of nitrogens with two attached hydrogens (primary N) is 1. The van der Waals surface area contributed by atoms with Crippen LogP contribution in [0, 0.1) is 11.3 Å². The van der Waals surface area contributed by atoms with E-state index < -0.39 is 5.60 Å². The molecule has 1 amide bonds. The molecule has 1 aliphatic heterocycles. The number of aromatic nitrogens is 2. The lowest BCUT2D eigenvalue weighted by Crippen LogP contribution is -2.42. The highest BCUT2D eigenvalue weighted by molar-refractivity contribution is 6.30. The topological polar surface area (TPSA) is 109 Å². The first-order valence-corrected chi connectivity index (χ1v) is 10.5. The Morgan fingerprint density at radius 2 is 2.06 bits per heavy atom. The summed E-state index contributed by atoms with van der Waals surface area (Å²) < 4.78 is 7.03. The lowest BCUT2D eigenvalue weighted by molar-refractivity contribution is 0.0207. The van der Waals surface area contributed by atoms with Crippen LogP contribution < -0.4 is 5.73 Å². The third kappa shape index (κ3) is 5.17. The molecule has 3 heterocycles. The number of likely N-dealkylation sites (tertiary alicyclic amines) is 1. The van der Waals surface area contributed by atoms with E-state index in [1.165, 1.54) is 12.4 Å². The van der Waals surface area contributed by atoms with Crippen LogP contribution in [0.25, 0.3) is 11.2 Å². The fraction of sp³-hybridized carbons (Fsp3) is 0.455. The van der Waals surface area contributed by atoms with E-state index in [9.17, 15) is 10.1 Å². The molecule has 1 fully saturated rings. The Morgan fingerprint density at radius 3 is 2.65 bits per heavy atom. The number of hydrogen-bond donors (Lipinski definition) is 1. The Labute approximate surface area is 187 Å². The van der Waals surface area contributed by atoms with Crippen molar-refractivity contribution in [3.05, 3.63) is 40.9 Å². The van der Waals surface area contributed by atoms with Gasteiger partial charge < -0.3 is 15.4 Å². The largest absolute Gasteiger partial charge is 0.444 e. The molecule has 0 spiro atoms. The zero-order valence-corrected chi connectivity index (χ0v) is 19.0. The summed E-state index contributed by atoms with van der Waals surface area (Å²) in [5, 5.41) is 9.57. The Bertz CT molecular complexity index is 1080. The van der Waals surface area contributed by atoms with Crippen LogP contribution in [-0.2, 0) is 4.74 Å². The minimum atomic E-state index is -0.505. The second-order valence-corrected chi connectivity index (χ2v) is 8.90. The number of nitriles is 1. The van der Waals surface area contributed by atoms with Crippen molar-refractivity contribution in [3.8, 4) is 6.07 Å². The third-order valence-corrected chi connectivity index (χ3v) is 5.31. The summed E-state index contributed by atoms with van der Waals surface area (Å²) in [6.45, 7) is 8.69. The van der Waals surface area contributed by atoms with Crippen molar-refractivity contribution in [1.29, 1.82) is 5.26 Å². The number of nitrogens with zero attached hydrogens (tertiary/aromatic N) is 5. The summed E-state index contributed by atoms with van der Waals surface area (Å²) >= 11 is 6.39. The Kier molecular flexibility index (Phi) is 6.56. The highest BCUT2D eigenvalue weighted by atomic mass is 35.5. The van der Waals surface area contributed by atoms with Crippen molar-refractivity contribution < 1.29 is 9.53 Å². The number of halogens is 1. The molecule has 0 aromatic carbocycles. The molecule has 31 heavy (non-hydrogen) atoms. The zero-order valence-electron chi connectivity index (χ0n) is 18.2. The number of ether oxygens (including phenoxy) is 1. The van der Waals surface area contributed by atoms with E-state index in [0.717, 1.165) is 29.7 Å². The van der Waals surface area contributed by atoms with Crippen molar-refractivity contribution in [2.24, 2.45) is 10.7 Å². The summed E-state index contributed by atoms with van der Waals surface area (Å²) in [5.41, 5.74) is 8.66. The molecule has 0 saturated carbocycles. The van der Waals surface area contributed by atoms with Crippen molar-refractivity contribution in [3.63, 3.8) is 0 Å². The van der Waals surface area contributed by atoms with Crippen LogP contribution in [0.5, 0.6) is 0 Å². The molecule has 2 aromatic heterocycles. The van der Waals surface area contributed by atoms with Gasteiger partial charge in [-0.15, -0.1) is 0 Å². The van der Waals surface area contributed by atoms with Crippen LogP contribution >= 0.6 is 11.6 Å². The van der Waals surface area contributed by atoms with Crippen molar-refractivity contribution >= 4 is 34.6 Å². The molecular formula is C22H27ClN6O2. The van der Waals surface area contributed by atoms with E-state index >= 15 is 0 Å². The van der Waals surface area contributed by atoms with Crippen LogP contribution in [0.3, 0.4) is 0 Å². The smallest absolute Gasteiger partial charge is 0.410 e. The lowest BCUT2D eigenvalue weighted by atomic mass is 10.0. The predicted octanol–water partition coefficient (Wildman–Crippen LogP) is 4.02. The highest BCUT2D eigenvalue weighted by Gasteiger charge is 2.27. The van der Waals surface area contributed by atoms with E-state index in [1.54, 1.807) is 15.4 Å². The SMILES string of the molecule is CC(=NC1CCN(C(=O)OC(C)(C)C)CC1)/C(=C\N)c1cc(Cl)n2c(C#N)cnc2c1. The van der Waals surface area contributed by atoms with Gasteiger partial charge in [0.15, 0.2) is 0 Å². The number of rotatable bonds is 3. The average Bonchev–Trinajstić information content (AvgIpc) is 3.11. The molecule has 0 atom stereocenters. The van der Waals surface area contributed by atoms with Gasteiger partial charge in [-0.3, -0.25) is 9.39 Å². The summed E-state index contributed by atoms with van der Waals surface area (Å²) in [7, 11) is 0. The average molecular weight is 443 g/mol. The van der Waals surface area contributed by atoms with Crippen LogP contribution in [0.2, 0.25) is 5.15 Å². The Hall–Kier alpha value is -3.05. The van der Waals surface area contributed by atoms with Gasteiger partial charge in [-0.1, -0.05) is 11.6 Å². The molecule has 0 radical (unpaired) electrons. The van der Waals surface area contributed by atoms with Crippen LogP contribution in [0.15, 0.2) is 29.5 Å². The third-order valence-electron chi connectivity index (χ3n) is 5.04. The first kappa shape index (κ1) is 22.6. The van der Waals surface area contributed by atoms with E-state index in [2.05, 4.69) is 11.1 Å². The number of imidazole rings is 1. The number of carbonyl (C=O) groups is 1. The van der Waals surface area contributed by atoms with Crippen molar-refractivity contribution in [2.75, 3.05) is 13.1 Å². The monoisotopic (exact) mass is 442 g/mol. The van der Waals surface area contributed by atoms with E-state index in [1.807, 2.05) is 33.8 Å². The first-order chi connectivity index (χ1) is 14.6. The number of hydrogen-bond acceptors (Lipinski definition) is 6. The van der Waals surface area contributed by atoms with Gasteiger partial charge in [0.25, 0.3) is 0 Å². The number of aliphatic imine (C=N–C) groups is 1. The zero-order chi connectivity index (χ0) is 22.8. The Morgan fingerprint density at radius 1 is 1.39 bits per heavy atom. The van der Waals surface area contributed by atoms with E-state index in [-0.39, 0.29) is 12.1 Å². The van der Waals surface area contributed by atoms with Gasteiger partial charge in [-0.05, 0) is 58.2 Å². The quantitative estimate of drug-likeness (QED) is 0.570. The van der Waals surface area contributed by atoms with Crippen LogP contribution in [0.1, 0.15) is 51.8 Å². The minimum absolute atomic E-state index is 0.0875. The number of piperidine rings is 1. The van der Waals surface area contributed by atoms with Crippen LogP contribution in [-0.4, -0.2) is 50.8 Å². The number of fused-ring (bicyclic) bond motifs is 1. The fourth-order valence-corrected chi connectivity index (χ4v) is 3.87. The van der Waals surface area contributed by atoms with Gasteiger partial charge >= 0.3 is 6.09 Å². The van der Waals surface area contributed by atoms with E-state index in [0.29, 0.717) is 29.6 Å². The minimum Gasteiger partial charge on any atom is -0.444 e. The molecule has 9 heteroatoms. The summed E-state index contributed by atoms with van der Waals surface area (Å²) in [4.78, 5) is 23.1. The molecule has 2 aromatic rings. The second kappa shape index (κ2) is 8.98. The van der Waals surface area contributed by atoms with Crippen LogP contribution in [0.4, 0.5) is 4.79 Å². The molecule has 0 unspecified atom stereocenters. The molecule has 0 aliphatic carbocycles. The number of allylic oxidation sites excluding steroid dienone is 1. The molecule has 164 valence electrons. The number of pyridine rings is 1. The Balaban J connectivity index is 1.73. The van der Waals surface area contributed by atoms with Gasteiger partial charge in [-0.2, -0.15) is 5.26 Å². The van der Waals surface area contributed by atoms with Gasteiger partial charge in [-0.25, -0.2) is 9.78 Å². The number of carbonyl (C=O) groups excluding carboxylic acids is 1. The molecule has 3 rings (SSSR count). The summed E-state index contributed by atoms with van der Waals surface area (Å²) in [5.74, 6) is 0. The fourth-order valence-electron chi connectivity index (χ4n) is 3.57. The molecular weight excluding hydrogens is 416 g/mol. The van der Waals surface area contributed by atoms with Gasteiger partial charge in [0.1, 0.15) is 28.2 Å². The molecule has 8 nitrogen and oxygen atoms in total. The maximum absolute atomic E-state index is 12.2. The highest BCUT2D eigenvalue weighted by Crippen LogP contribution is 2.25. The maximum atomic E-state index is 12.2. The lowest BCUT2D eigenvalue weighted by Gasteiger charge is -2.32. The second-order valence-electron chi connectivity index (χ2n) is 8.51. The summed E-state index contributed by atoms with van der Waals surface area (Å²) in [6, 6.07) is 5.74. The summed E-state index contributed by atoms with van der Waals surface area (Å²) in [6.07, 6.45) is 4.20. The molecule has 1 saturated heterocycles. The standard InChI is InChI=1S/C22H27ClN6O2/c1-14(27-16-5-7-28(8-6-16)21(30)31-22(2,3)4)18(12-25)15-9-19(23)29-17(11-24)13-26-20(29)10-15/h9-10,12-13,16H,5-8,25H2,1-4H3/b18-12+,27-14?. The first-order valence-electron chi connectivity index (χ1n) is 10.1. The molecule has 0 bridgehead atoms. The molecule has 1 aliphatic rings. The molecule has 2 N–H and O–H groups in total.